The van der Waals surface area contributed by atoms with Crippen LogP contribution in [0.1, 0.15) is 65.4 Å². The van der Waals surface area contributed by atoms with E-state index in [1.54, 1.807) is 27.7 Å². The first-order chi connectivity index (χ1) is 25.0. The number of hydrogen-bond acceptors (Lipinski definition) is 14. The number of carboxylic acid groups (broad SMARTS) is 1. The number of aliphatic hydroxyl groups excluding tert-OH is 3. The van der Waals surface area contributed by atoms with Crippen molar-refractivity contribution in [2.75, 3.05) is 32.9 Å². The van der Waals surface area contributed by atoms with E-state index in [1.807, 2.05) is 0 Å². The van der Waals surface area contributed by atoms with E-state index < -0.39 is 54.0 Å². The quantitative estimate of drug-likeness (QED) is 0.0658. The molecule has 0 aliphatic carbocycles. The smallest absolute Gasteiger partial charge is 0.335 e. The van der Waals surface area contributed by atoms with Crippen LogP contribution < -0.4 is 14.8 Å². The predicted molar refractivity (Wildman–Crippen MR) is 183 cm³/mol. The standard InChI is InChI=1S/C36H50N2O15/c1-21(18-23(39)8-6-5-7-14-38-26(40)11-12-27(38)41)32(45)37-13-15-49-16-17-50-25-19-24(10-9-22(25)20-51-35(48)36(2,3)4)52-34-30(44)28(42)29(43)31(53-34)33(46)47/h9-12,19,21,28-31,34,42-44H,5-8,13-18,20H2,1-4H3,(H,37,45)(H,46,47)/t21-,28+,29+,30-,31+,34-/m1/s1. The van der Waals surface area contributed by atoms with Crippen LogP contribution in [0.4, 0.5) is 0 Å². The van der Waals surface area contributed by atoms with E-state index in [4.69, 9.17) is 23.7 Å². The number of imide groups is 1. The van der Waals surface area contributed by atoms with Crippen molar-refractivity contribution in [2.45, 2.75) is 97.1 Å². The van der Waals surface area contributed by atoms with Crippen LogP contribution in [-0.2, 0) is 49.6 Å². The van der Waals surface area contributed by atoms with Gasteiger partial charge in [0.15, 0.2) is 6.10 Å². The maximum absolute atomic E-state index is 12.5. The van der Waals surface area contributed by atoms with Gasteiger partial charge in [0.25, 0.3) is 11.8 Å². The van der Waals surface area contributed by atoms with Crippen LogP contribution in [-0.4, -0.2) is 124 Å². The summed E-state index contributed by atoms with van der Waals surface area (Å²) in [6.45, 7) is 7.32. The number of Topliss-reactive ketones (excluding diaryl/α,β-unsaturated/α-hetero) is 1. The van der Waals surface area contributed by atoms with Crippen LogP contribution in [0.2, 0.25) is 0 Å². The van der Waals surface area contributed by atoms with Gasteiger partial charge in [-0.2, -0.15) is 0 Å². The zero-order valence-electron chi connectivity index (χ0n) is 30.4. The minimum absolute atomic E-state index is 0.0125. The number of carbonyl (C=O) groups excluding carboxylic acids is 5. The molecule has 0 saturated carbocycles. The molecule has 1 saturated heterocycles. The van der Waals surface area contributed by atoms with Crippen molar-refractivity contribution in [1.82, 2.24) is 10.2 Å². The summed E-state index contributed by atoms with van der Waals surface area (Å²) in [6.07, 6.45) is -4.33. The second kappa shape index (κ2) is 20.1. The molecule has 1 aromatic rings. The number of carboxylic acids is 1. The third kappa shape index (κ3) is 13.2. The van der Waals surface area contributed by atoms with Crippen LogP contribution in [0.5, 0.6) is 11.5 Å². The molecule has 2 heterocycles. The number of unbranched alkanes of at least 4 members (excludes halogenated alkanes) is 2. The first-order valence-electron chi connectivity index (χ1n) is 17.4. The van der Waals surface area contributed by atoms with Gasteiger partial charge in [0.2, 0.25) is 12.2 Å². The highest BCUT2D eigenvalue weighted by atomic mass is 16.7. The topological polar surface area (TPSA) is 245 Å². The minimum Gasteiger partial charge on any atom is -0.491 e. The Morgan fingerprint density at radius 1 is 0.943 bits per heavy atom. The molecule has 1 fully saturated rings. The Balaban J connectivity index is 1.42. The van der Waals surface area contributed by atoms with Crippen molar-refractivity contribution >= 4 is 35.4 Å². The zero-order chi connectivity index (χ0) is 39.3. The van der Waals surface area contributed by atoms with Crippen LogP contribution in [0, 0.1) is 11.3 Å². The second-order valence-corrected chi connectivity index (χ2v) is 13.8. The van der Waals surface area contributed by atoms with Crippen LogP contribution >= 0.6 is 0 Å². The monoisotopic (exact) mass is 750 g/mol. The van der Waals surface area contributed by atoms with Crippen molar-refractivity contribution in [1.29, 1.82) is 0 Å². The molecule has 0 spiro atoms. The Labute approximate surface area is 307 Å². The minimum atomic E-state index is -1.89. The number of benzene rings is 1. The number of rotatable bonds is 21. The summed E-state index contributed by atoms with van der Waals surface area (Å²) in [5.41, 5.74) is -0.316. The molecule has 17 heteroatoms. The van der Waals surface area contributed by atoms with Crippen molar-refractivity contribution < 1.29 is 72.9 Å². The van der Waals surface area contributed by atoms with Crippen molar-refractivity contribution in [3.63, 3.8) is 0 Å². The average molecular weight is 751 g/mol. The molecule has 2 aliphatic heterocycles. The maximum atomic E-state index is 12.5. The number of ketones is 1. The average Bonchev–Trinajstić information content (AvgIpc) is 3.42. The number of aliphatic carboxylic acids is 1. The van der Waals surface area contributed by atoms with Gasteiger partial charge in [-0.3, -0.25) is 28.9 Å². The number of hydrogen-bond donors (Lipinski definition) is 5. The fourth-order valence-electron chi connectivity index (χ4n) is 5.19. The lowest BCUT2D eigenvalue weighted by Crippen LogP contribution is -2.61. The molecule has 53 heavy (non-hydrogen) atoms. The lowest BCUT2D eigenvalue weighted by molar-refractivity contribution is -0.271. The second-order valence-electron chi connectivity index (χ2n) is 13.8. The molecule has 1 aromatic carbocycles. The molecule has 6 atom stereocenters. The fraction of sp³-hybridized carbons (Fsp3) is 0.611. The Hall–Kier alpha value is -4.42. The Bertz CT molecular complexity index is 1470. The summed E-state index contributed by atoms with van der Waals surface area (Å²) in [7, 11) is 0. The van der Waals surface area contributed by atoms with Gasteiger partial charge in [-0.15, -0.1) is 0 Å². The van der Waals surface area contributed by atoms with Crippen molar-refractivity contribution in [2.24, 2.45) is 11.3 Å². The van der Waals surface area contributed by atoms with Gasteiger partial charge in [-0.25, -0.2) is 4.79 Å². The molecule has 0 unspecified atom stereocenters. The number of carbonyl (C=O) groups is 6. The summed E-state index contributed by atoms with van der Waals surface area (Å²) in [6, 6.07) is 4.36. The maximum Gasteiger partial charge on any atom is 0.335 e. The third-order valence-electron chi connectivity index (χ3n) is 8.33. The van der Waals surface area contributed by atoms with Gasteiger partial charge in [0.1, 0.15) is 48.8 Å². The summed E-state index contributed by atoms with van der Waals surface area (Å²) in [4.78, 5) is 73.0. The molecular weight excluding hydrogens is 700 g/mol. The molecule has 17 nitrogen and oxygen atoms in total. The summed E-state index contributed by atoms with van der Waals surface area (Å²) in [5, 5.41) is 42.4. The molecule has 0 bridgehead atoms. The number of nitrogens with one attached hydrogen (secondary N) is 1. The highest BCUT2D eigenvalue weighted by Gasteiger charge is 2.48. The first kappa shape index (κ1) is 43.0. The SMILES string of the molecule is C[C@H](CC(=O)CCCCCN1C(=O)C=CC1=O)C(=O)NCCOCCOc1cc(O[C@@H]2O[C@H](C(=O)O)[C@@H](O)[C@H](O)[C@H]2O)ccc1COC(=O)C(C)(C)C. The van der Waals surface area contributed by atoms with Gasteiger partial charge in [0, 0.05) is 55.6 Å². The van der Waals surface area contributed by atoms with Gasteiger partial charge >= 0.3 is 11.9 Å². The van der Waals surface area contributed by atoms with E-state index in [-0.39, 0.29) is 74.4 Å². The van der Waals surface area contributed by atoms with E-state index in [2.05, 4.69) is 5.32 Å². The van der Waals surface area contributed by atoms with E-state index in [0.29, 0.717) is 37.8 Å². The molecule has 0 aromatic heterocycles. The number of aliphatic hydroxyl groups is 3. The van der Waals surface area contributed by atoms with E-state index in [9.17, 15) is 49.2 Å². The Kier molecular flexibility index (Phi) is 16.3. The Morgan fingerprint density at radius 3 is 2.30 bits per heavy atom. The van der Waals surface area contributed by atoms with Crippen LogP contribution in [0.25, 0.3) is 0 Å². The molecule has 294 valence electrons. The lowest BCUT2D eigenvalue weighted by atomic mass is 9.97. The number of esters is 1. The zero-order valence-corrected chi connectivity index (χ0v) is 30.4. The molecule has 3 amide bonds. The van der Waals surface area contributed by atoms with Gasteiger partial charge in [-0.1, -0.05) is 13.3 Å². The van der Waals surface area contributed by atoms with Crippen LogP contribution in [0.3, 0.4) is 0 Å². The molecule has 0 radical (unpaired) electrons. The Morgan fingerprint density at radius 2 is 1.64 bits per heavy atom. The molecule has 5 N–H and O–H groups in total. The predicted octanol–water partition coefficient (Wildman–Crippen LogP) is 0.639. The fourth-order valence-corrected chi connectivity index (χ4v) is 5.19. The highest BCUT2D eigenvalue weighted by molar-refractivity contribution is 6.12. The summed E-state index contributed by atoms with van der Waals surface area (Å²) >= 11 is 0. The van der Waals surface area contributed by atoms with E-state index in [0.717, 1.165) is 4.90 Å². The van der Waals surface area contributed by atoms with Crippen molar-refractivity contribution in [3.8, 4) is 11.5 Å². The third-order valence-corrected chi connectivity index (χ3v) is 8.33. The van der Waals surface area contributed by atoms with Crippen molar-refractivity contribution in [3.05, 3.63) is 35.9 Å². The highest BCUT2D eigenvalue weighted by Crippen LogP contribution is 2.30. The number of nitrogens with zero attached hydrogens (tertiary/aromatic N) is 1. The summed E-state index contributed by atoms with van der Waals surface area (Å²) in [5.74, 6) is -3.33. The lowest BCUT2D eigenvalue weighted by Gasteiger charge is -2.38. The first-order valence-corrected chi connectivity index (χ1v) is 17.4. The molecule has 3 rings (SSSR count). The molecular formula is C36H50N2O15. The number of amides is 3. The van der Waals surface area contributed by atoms with Gasteiger partial charge in [0.05, 0.1) is 18.6 Å². The van der Waals surface area contributed by atoms with Gasteiger partial charge in [-0.05, 0) is 45.7 Å². The van der Waals surface area contributed by atoms with Gasteiger partial charge < -0.3 is 49.4 Å². The molecule has 2 aliphatic rings. The summed E-state index contributed by atoms with van der Waals surface area (Å²) < 4.78 is 27.6. The normalized spacial score (nSPS) is 22.0. The van der Waals surface area contributed by atoms with E-state index in [1.165, 1.54) is 30.4 Å². The van der Waals surface area contributed by atoms with E-state index >= 15 is 0 Å². The largest absolute Gasteiger partial charge is 0.491 e. The number of ether oxygens (including phenoxy) is 5. The van der Waals surface area contributed by atoms with Crippen LogP contribution in [0.15, 0.2) is 30.4 Å².